The zero-order valence-electron chi connectivity index (χ0n) is 12.5. The molecule has 0 aliphatic carbocycles. The fourth-order valence-electron chi connectivity index (χ4n) is 2.30. The number of hydrogen-bond acceptors (Lipinski definition) is 7. The Kier molecular flexibility index (Phi) is 6.01. The van der Waals surface area contributed by atoms with Gasteiger partial charge >= 0.3 is 5.95 Å². The molecule has 1 aliphatic heterocycles. The summed E-state index contributed by atoms with van der Waals surface area (Å²) in [4.78, 5) is 16.7. The van der Waals surface area contributed by atoms with Gasteiger partial charge in [-0.2, -0.15) is 13.1 Å². The maximum absolute atomic E-state index is 11.0. The molecule has 2 heterocycles. The van der Waals surface area contributed by atoms with Crippen molar-refractivity contribution in [2.24, 2.45) is 5.14 Å². The molecule has 0 radical (unpaired) electrons. The van der Waals surface area contributed by atoms with Crippen molar-refractivity contribution in [3.63, 3.8) is 0 Å². The van der Waals surface area contributed by atoms with Gasteiger partial charge in [-0.15, -0.1) is 0 Å². The van der Waals surface area contributed by atoms with Gasteiger partial charge in [0.05, 0.1) is 19.8 Å². The van der Waals surface area contributed by atoms with E-state index in [4.69, 9.17) is 9.88 Å². The van der Waals surface area contributed by atoms with Gasteiger partial charge in [0.1, 0.15) is 6.20 Å². The molecule has 1 aromatic rings. The normalized spacial score (nSPS) is 16.6. The predicted octanol–water partition coefficient (Wildman–Crippen LogP) is -1.54. The Hall–Kier alpha value is -1.60. The van der Waals surface area contributed by atoms with Crippen LogP contribution in [0, 0.1) is 10.1 Å². The lowest BCUT2D eigenvalue weighted by molar-refractivity contribution is -0.396. The molecule has 0 bridgehead atoms. The molecule has 12 heteroatoms. The van der Waals surface area contributed by atoms with Crippen LogP contribution in [0.3, 0.4) is 0 Å². The Bertz CT molecular complexity index is 639. The molecule has 3 N–H and O–H groups in total. The minimum Gasteiger partial charge on any atom is -0.390 e. The first-order valence-electron chi connectivity index (χ1n) is 7.13. The lowest BCUT2D eigenvalue weighted by Gasteiger charge is -2.25. The van der Waals surface area contributed by atoms with Crippen molar-refractivity contribution in [3.8, 4) is 0 Å². The Morgan fingerprint density at radius 2 is 2.09 bits per heavy atom. The van der Waals surface area contributed by atoms with Gasteiger partial charge in [-0.1, -0.05) is 4.98 Å². The zero-order chi connectivity index (χ0) is 16.9. The van der Waals surface area contributed by atoms with E-state index in [1.165, 1.54) is 4.57 Å². The molecular formula is C11H20N6O5S. The Morgan fingerprint density at radius 1 is 1.39 bits per heavy atom. The summed E-state index contributed by atoms with van der Waals surface area (Å²) in [5.74, 6) is -0.307. The van der Waals surface area contributed by atoms with Crippen LogP contribution in [0.25, 0.3) is 0 Å². The summed E-state index contributed by atoms with van der Waals surface area (Å²) in [7, 11) is -3.82. The highest BCUT2D eigenvalue weighted by Crippen LogP contribution is 2.12. The first-order chi connectivity index (χ1) is 10.8. The number of hydrogen-bond donors (Lipinski definition) is 2. The zero-order valence-corrected chi connectivity index (χ0v) is 13.4. The number of imidazole rings is 1. The molecule has 0 amide bonds. The summed E-state index contributed by atoms with van der Waals surface area (Å²) in [5, 5.41) is 15.9. The van der Waals surface area contributed by atoms with Crippen molar-refractivity contribution in [1.82, 2.24) is 19.2 Å². The molecule has 0 unspecified atom stereocenters. The molecule has 11 nitrogen and oxygen atoms in total. The van der Waals surface area contributed by atoms with Gasteiger partial charge in [-0.3, -0.25) is 4.90 Å². The first kappa shape index (κ1) is 17.7. The van der Waals surface area contributed by atoms with Crippen LogP contribution in [0.1, 0.15) is 5.69 Å². The van der Waals surface area contributed by atoms with E-state index in [9.17, 15) is 18.5 Å². The Morgan fingerprint density at radius 3 is 2.70 bits per heavy atom. The summed E-state index contributed by atoms with van der Waals surface area (Å²) >= 11 is 0. The number of nitrogens with one attached hydrogen (secondary N) is 1. The van der Waals surface area contributed by atoms with E-state index in [2.05, 4.69) is 14.6 Å². The number of nitrogens with zero attached hydrogens (tertiary/aromatic N) is 4. The van der Waals surface area contributed by atoms with Crippen molar-refractivity contribution in [2.45, 2.75) is 13.0 Å². The van der Waals surface area contributed by atoms with Gasteiger partial charge in [0.15, 0.2) is 5.69 Å². The van der Waals surface area contributed by atoms with Gasteiger partial charge < -0.3 is 14.9 Å². The Labute approximate surface area is 133 Å². The quantitative estimate of drug-likeness (QED) is 0.427. The number of ether oxygens (including phenoxy) is 1. The minimum atomic E-state index is -3.82. The van der Waals surface area contributed by atoms with Crippen LogP contribution in [0.5, 0.6) is 0 Å². The second-order valence-electron chi connectivity index (χ2n) is 5.13. The fourth-order valence-corrected chi connectivity index (χ4v) is 2.67. The van der Waals surface area contributed by atoms with Crippen LogP contribution in [-0.4, -0.2) is 67.2 Å². The maximum Gasteiger partial charge on any atom is 0.434 e. The summed E-state index contributed by atoms with van der Waals surface area (Å²) < 4.78 is 30.3. The number of rotatable bonds is 8. The number of nitro groups is 1. The van der Waals surface area contributed by atoms with Crippen LogP contribution in [0.2, 0.25) is 0 Å². The minimum absolute atomic E-state index is 0.0427. The second kappa shape index (κ2) is 7.79. The van der Waals surface area contributed by atoms with Crippen LogP contribution >= 0.6 is 0 Å². The van der Waals surface area contributed by atoms with E-state index in [1.807, 2.05) is 0 Å². The average molecular weight is 348 g/mol. The second-order valence-corrected chi connectivity index (χ2v) is 6.50. The molecule has 0 aromatic carbocycles. The van der Waals surface area contributed by atoms with E-state index in [0.29, 0.717) is 25.3 Å². The van der Waals surface area contributed by atoms with Crippen LogP contribution in [0.15, 0.2) is 6.20 Å². The van der Waals surface area contributed by atoms with Crippen LogP contribution in [-0.2, 0) is 27.9 Å². The molecule has 1 saturated heterocycles. The largest absolute Gasteiger partial charge is 0.434 e. The van der Waals surface area contributed by atoms with Gasteiger partial charge in [0, 0.05) is 32.6 Å². The predicted molar refractivity (Wildman–Crippen MR) is 81.0 cm³/mol. The maximum atomic E-state index is 11.0. The van der Waals surface area contributed by atoms with Gasteiger partial charge in [0.25, 0.3) is 10.2 Å². The number of morpholine rings is 1. The van der Waals surface area contributed by atoms with E-state index < -0.39 is 15.1 Å². The smallest absolute Gasteiger partial charge is 0.390 e. The van der Waals surface area contributed by atoms with Crippen molar-refractivity contribution < 1.29 is 18.1 Å². The third-order valence-electron chi connectivity index (χ3n) is 3.41. The molecule has 0 atom stereocenters. The lowest BCUT2D eigenvalue weighted by Crippen LogP contribution is -2.37. The third kappa shape index (κ3) is 5.84. The molecule has 1 aliphatic rings. The molecule has 0 spiro atoms. The highest BCUT2D eigenvalue weighted by atomic mass is 32.2. The van der Waals surface area contributed by atoms with E-state index in [0.717, 1.165) is 19.6 Å². The van der Waals surface area contributed by atoms with Crippen LogP contribution in [0.4, 0.5) is 5.95 Å². The molecule has 1 fully saturated rings. The monoisotopic (exact) mass is 348 g/mol. The van der Waals surface area contributed by atoms with Crippen molar-refractivity contribution in [1.29, 1.82) is 0 Å². The third-order valence-corrected chi connectivity index (χ3v) is 4.02. The molecule has 23 heavy (non-hydrogen) atoms. The highest BCUT2D eigenvalue weighted by Gasteiger charge is 2.20. The van der Waals surface area contributed by atoms with E-state index in [-0.39, 0.29) is 19.0 Å². The summed E-state index contributed by atoms with van der Waals surface area (Å²) in [6.07, 6.45) is 2.15. The summed E-state index contributed by atoms with van der Waals surface area (Å²) in [6, 6.07) is 0. The number of aromatic nitrogens is 2. The van der Waals surface area contributed by atoms with Gasteiger partial charge in [-0.25, -0.2) is 9.71 Å². The van der Waals surface area contributed by atoms with Gasteiger partial charge in [-0.05, 0) is 4.92 Å². The first-order valence-corrected chi connectivity index (χ1v) is 8.68. The standard InChI is InChI=1S/C11H20N6O5S/c12-23(20,21)13-2-4-16-9-10(14-11(16)17(18)19)1-3-15-5-7-22-8-6-15/h9,13H,1-8H2,(H2,12,20,21). The molecule has 1 aromatic heterocycles. The molecule has 0 saturated carbocycles. The molecular weight excluding hydrogens is 328 g/mol. The van der Waals surface area contributed by atoms with Gasteiger partial charge in [0.2, 0.25) is 0 Å². The summed E-state index contributed by atoms with van der Waals surface area (Å²) in [5.41, 5.74) is 0.596. The Balaban J connectivity index is 1.95. The number of nitrogens with two attached hydrogens (primary N) is 1. The van der Waals surface area contributed by atoms with Crippen molar-refractivity contribution in [3.05, 3.63) is 22.0 Å². The van der Waals surface area contributed by atoms with E-state index in [1.54, 1.807) is 6.20 Å². The molecule has 2 rings (SSSR count). The van der Waals surface area contributed by atoms with Crippen molar-refractivity contribution in [2.75, 3.05) is 39.4 Å². The summed E-state index contributed by atoms with van der Waals surface area (Å²) in [6.45, 7) is 3.83. The molecule has 130 valence electrons. The highest BCUT2D eigenvalue weighted by molar-refractivity contribution is 7.87. The fraction of sp³-hybridized carbons (Fsp3) is 0.727. The van der Waals surface area contributed by atoms with Crippen LogP contribution < -0.4 is 9.86 Å². The topological polar surface area (TPSA) is 146 Å². The average Bonchev–Trinajstić information content (AvgIpc) is 2.88. The van der Waals surface area contributed by atoms with Crippen molar-refractivity contribution >= 4 is 16.2 Å². The lowest BCUT2D eigenvalue weighted by atomic mass is 10.3. The van der Waals surface area contributed by atoms with E-state index >= 15 is 0 Å². The SMILES string of the molecule is NS(=O)(=O)NCCn1cc(CCN2CCOCC2)nc1[N+](=O)[O-].